The lowest BCUT2D eigenvalue weighted by molar-refractivity contribution is 0.240. The Balaban J connectivity index is 1.49. The van der Waals surface area contributed by atoms with Gasteiger partial charge in [-0.1, -0.05) is 30.3 Å². The maximum absolute atomic E-state index is 11.6. The predicted octanol–water partition coefficient (Wildman–Crippen LogP) is 2.40. The molecular formula is C17H20N4O. The summed E-state index contributed by atoms with van der Waals surface area (Å²) >= 11 is 0. The van der Waals surface area contributed by atoms with E-state index in [0.717, 1.165) is 23.6 Å². The number of benzene rings is 1. The van der Waals surface area contributed by atoms with Crippen LogP contribution in [0.4, 0.5) is 4.79 Å². The molecule has 0 radical (unpaired) electrons. The number of nitrogens with zero attached hydrogens (tertiary/aromatic N) is 2. The summed E-state index contributed by atoms with van der Waals surface area (Å²) in [6.07, 6.45) is 4.86. The summed E-state index contributed by atoms with van der Waals surface area (Å²) < 4.78 is 0. The summed E-state index contributed by atoms with van der Waals surface area (Å²) in [7, 11) is 0. The minimum atomic E-state index is -0.105. The van der Waals surface area contributed by atoms with Crippen LogP contribution in [0.3, 0.4) is 0 Å². The average Bonchev–Trinajstić information content (AvgIpc) is 3.38. The van der Waals surface area contributed by atoms with E-state index in [2.05, 4.69) is 20.6 Å². The van der Waals surface area contributed by atoms with E-state index >= 15 is 0 Å². The number of carbonyl (C=O) groups excluding carboxylic acids is 1. The van der Waals surface area contributed by atoms with Crippen LogP contribution in [0.2, 0.25) is 0 Å². The zero-order chi connectivity index (χ0) is 15.2. The maximum Gasteiger partial charge on any atom is 0.314 e. The highest BCUT2D eigenvalue weighted by Crippen LogP contribution is 2.27. The smallest absolute Gasteiger partial charge is 0.314 e. The van der Waals surface area contributed by atoms with Crippen LogP contribution in [0.5, 0.6) is 0 Å². The van der Waals surface area contributed by atoms with Crippen molar-refractivity contribution < 1.29 is 4.79 Å². The van der Waals surface area contributed by atoms with Crippen LogP contribution in [0.25, 0.3) is 11.3 Å². The fourth-order valence-corrected chi connectivity index (χ4v) is 2.20. The van der Waals surface area contributed by atoms with E-state index in [1.165, 1.54) is 12.8 Å². The van der Waals surface area contributed by atoms with Crippen LogP contribution in [0.15, 0.2) is 42.6 Å². The minimum absolute atomic E-state index is 0.105. The second-order valence-electron chi connectivity index (χ2n) is 5.55. The molecule has 0 saturated heterocycles. The first-order valence-electron chi connectivity index (χ1n) is 7.70. The summed E-state index contributed by atoms with van der Waals surface area (Å²) in [5.41, 5.74) is 1.98. The van der Waals surface area contributed by atoms with Gasteiger partial charge in [0.15, 0.2) is 0 Å². The zero-order valence-electron chi connectivity index (χ0n) is 12.5. The van der Waals surface area contributed by atoms with Gasteiger partial charge in [0.25, 0.3) is 0 Å². The van der Waals surface area contributed by atoms with Crippen LogP contribution in [-0.4, -0.2) is 29.1 Å². The molecule has 3 rings (SSSR count). The Bertz CT molecular complexity index is 626. The highest BCUT2D eigenvalue weighted by molar-refractivity contribution is 5.73. The van der Waals surface area contributed by atoms with Crippen molar-refractivity contribution in [2.75, 3.05) is 13.1 Å². The van der Waals surface area contributed by atoms with Gasteiger partial charge in [-0.2, -0.15) is 0 Å². The Hall–Kier alpha value is -2.43. The third-order valence-electron chi connectivity index (χ3n) is 3.66. The molecule has 1 aromatic heterocycles. The van der Waals surface area contributed by atoms with Gasteiger partial charge in [0.05, 0.1) is 5.69 Å². The Kier molecular flexibility index (Phi) is 4.63. The SMILES string of the molecule is O=C(NCCc1nccc(-c2ccccc2)n1)NCC1CC1. The Morgan fingerprint density at radius 2 is 1.95 bits per heavy atom. The van der Waals surface area contributed by atoms with Gasteiger partial charge in [0.2, 0.25) is 0 Å². The summed E-state index contributed by atoms with van der Waals surface area (Å²) in [6.45, 7) is 1.32. The number of rotatable bonds is 6. The lowest BCUT2D eigenvalue weighted by atomic mass is 10.1. The van der Waals surface area contributed by atoms with Crippen molar-refractivity contribution in [2.45, 2.75) is 19.3 Å². The molecule has 114 valence electrons. The van der Waals surface area contributed by atoms with E-state index < -0.39 is 0 Å². The van der Waals surface area contributed by atoms with Gasteiger partial charge in [-0.25, -0.2) is 14.8 Å². The molecule has 1 saturated carbocycles. The first kappa shape index (κ1) is 14.5. The molecule has 1 aliphatic carbocycles. The van der Waals surface area contributed by atoms with Gasteiger partial charge in [-0.05, 0) is 24.8 Å². The van der Waals surface area contributed by atoms with Gasteiger partial charge in [0, 0.05) is 31.3 Å². The minimum Gasteiger partial charge on any atom is -0.338 e. The summed E-state index contributed by atoms with van der Waals surface area (Å²) in [5.74, 6) is 1.43. The first-order chi connectivity index (χ1) is 10.8. The summed E-state index contributed by atoms with van der Waals surface area (Å²) in [5, 5.41) is 5.72. The monoisotopic (exact) mass is 296 g/mol. The Morgan fingerprint density at radius 1 is 1.14 bits per heavy atom. The third-order valence-corrected chi connectivity index (χ3v) is 3.66. The summed E-state index contributed by atoms with van der Waals surface area (Å²) in [4.78, 5) is 20.4. The molecular weight excluding hydrogens is 276 g/mol. The topological polar surface area (TPSA) is 66.9 Å². The van der Waals surface area contributed by atoms with Crippen LogP contribution in [-0.2, 0) is 6.42 Å². The molecule has 2 N–H and O–H groups in total. The number of amides is 2. The fraction of sp³-hybridized carbons (Fsp3) is 0.353. The molecule has 0 unspecified atom stereocenters. The van der Waals surface area contributed by atoms with Crippen LogP contribution in [0, 0.1) is 5.92 Å². The average molecular weight is 296 g/mol. The molecule has 0 spiro atoms. The molecule has 22 heavy (non-hydrogen) atoms. The molecule has 2 amide bonds. The van der Waals surface area contributed by atoms with E-state index in [0.29, 0.717) is 18.9 Å². The highest BCUT2D eigenvalue weighted by Gasteiger charge is 2.21. The predicted molar refractivity (Wildman–Crippen MR) is 85.3 cm³/mol. The van der Waals surface area contributed by atoms with E-state index in [9.17, 15) is 4.79 Å². The van der Waals surface area contributed by atoms with Crippen molar-refractivity contribution in [3.05, 3.63) is 48.4 Å². The molecule has 0 atom stereocenters. The number of hydrogen-bond donors (Lipinski definition) is 2. The van der Waals surface area contributed by atoms with Gasteiger partial charge >= 0.3 is 6.03 Å². The quantitative estimate of drug-likeness (QED) is 0.860. The van der Waals surface area contributed by atoms with E-state index in [1.807, 2.05) is 36.4 Å². The van der Waals surface area contributed by atoms with Crippen LogP contribution in [0.1, 0.15) is 18.7 Å². The van der Waals surface area contributed by atoms with E-state index in [-0.39, 0.29) is 6.03 Å². The van der Waals surface area contributed by atoms with E-state index in [1.54, 1.807) is 6.20 Å². The highest BCUT2D eigenvalue weighted by atomic mass is 16.2. The zero-order valence-corrected chi connectivity index (χ0v) is 12.5. The number of nitrogens with one attached hydrogen (secondary N) is 2. The molecule has 1 aromatic carbocycles. The second kappa shape index (κ2) is 7.02. The molecule has 2 aromatic rings. The number of hydrogen-bond acceptors (Lipinski definition) is 3. The molecule has 0 aliphatic heterocycles. The van der Waals surface area contributed by atoms with E-state index in [4.69, 9.17) is 0 Å². The van der Waals surface area contributed by atoms with Gasteiger partial charge in [0.1, 0.15) is 5.82 Å². The molecule has 5 nitrogen and oxygen atoms in total. The lowest BCUT2D eigenvalue weighted by Gasteiger charge is -2.07. The number of aromatic nitrogens is 2. The third kappa shape index (κ3) is 4.28. The van der Waals surface area contributed by atoms with Crippen molar-refractivity contribution in [3.8, 4) is 11.3 Å². The van der Waals surface area contributed by atoms with Crippen LogP contribution >= 0.6 is 0 Å². The lowest BCUT2D eigenvalue weighted by Crippen LogP contribution is -2.37. The Labute approximate surface area is 130 Å². The summed E-state index contributed by atoms with van der Waals surface area (Å²) in [6, 6.07) is 11.8. The molecule has 1 aliphatic rings. The molecule has 5 heteroatoms. The number of urea groups is 1. The van der Waals surface area contributed by atoms with Crippen molar-refractivity contribution >= 4 is 6.03 Å². The van der Waals surface area contributed by atoms with Crippen molar-refractivity contribution in [3.63, 3.8) is 0 Å². The standard InChI is InChI=1S/C17H20N4O/c22-17(20-12-13-6-7-13)19-11-9-16-18-10-8-15(21-16)14-4-2-1-3-5-14/h1-5,8,10,13H,6-7,9,11-12H2,(H2,19,20,22). The largest absolute Gasteiger partial charge is 0.338 e. The first-order valence-corrected chi connectivity index (χ1v) is 7.70. The Morgan fingerprint density at radius 3 is 2.73 bits per heavy atom. The van der Waals surface area contributed by atoms with Crippen LogP contribution < -0.4 is 10.6 Å². The second-order valence-corrected chi connectivity index (χ2v) is 5.55. The van der Waals surface area contributed by atoms with Crippen molar-refractivity contribution in [2.24, 2.45) is 5.92 Å². The van der Waals surface area contributed by atoms with Gasteiger partial charge in [-0.3, -0.25) is 0 Å². The van der Waals surface area contributed by atoms with Gasteiger partial charge in [-0.15, -0.1) is 0 Å². The molecule has 1 heterocycles. The fourth-order valence-electron chi connectivity index (χ4n) is 2.20. The molecule has 0 bridgehead atoms. The van der Waals surface area contributed by atoms with Crippen molar-refractivity contribution in [1.82, 2.24) is 20.6 Å². The van der Waals surface area contributed by atoms with Gasteiger partial charge < -0.3 is 10.6 Å². The van der Waals surface area contributed by atoms with Crippen molar-refractivity contribution in [1.29, 1.82) is 0 Å². The normalized spacial score (nSPS) is 13.6. The molecule has 1 fully saturated rings. The number of carbonyl (C=O) groups is 1. The maximum atomic E-state index is 11.6.